The Morgan fingerprint density at radius 2 is 1.90 bits per heavy atom. The molecule has 6 heteroatoms. The van der Waals surface area contributed by atoms with Crippen LogP contribution in [0.2, 0.25) is 0 Å². The Morgan fingerprint density at radius 3 is 2.66 bits per heavy atom. The van der Waals surface area contributed by atoms with E-state index in [4.69, 9.17) is 4.98 Å². The predicted octanol–water partition coefficient (Wildman–Crippen LogP) is 3.67. The fourth-order valence-electron chi connectivity index (χ4n) is 3.92. The summed E-state index contributed by atoms with van der Waals surface area (Å²) in [7, 11) is 0. The Bertz CT molecular complexity index is 1000. The van der Waals surface area contributed by atoms with Crippen molar-refractivity contribution in [2.75, 3.05) is 31.1 Å². The molecular weight excluding hydrogens is 362 g/mol. The number of hydrogen-bond acceptors (Lipinski definition) is 4. The van der Waals surface area contributed by atoms with Crippen molar-refractivity contribution in [3.05, 3.63) is 53.6 Å². The maximum atomic E-state index is 12.7. The maximum Gasteiger partial charge on any atom is 0.223 e. The summed E-state index contributed by atoms with van der Waals surface area (Å²) in [6.45, 7) is 9.35. The van der Waals surface area contributed by atoms with Crippen LogP contribution in [0.3, 0.4) is 0 Å². The average Bonchev–Trinajstić information content (AvgIpc) is 3.15. The van der Waals surface area contributed by atoms with Crippen molar-refractivity contribution in [3.63, 3.8) is 0 Å². The van der Waals surface area contributed by atoms with E-state index >= 15 is 0 Å². The topological polar surface area (TPSA) is 65.1 Å². The normalized spacial score (nSPS) is 14.8. The lowest BCUT2D eigenvalue weighted by atomic mass is 10.1. The highest BCUT2D eigenvalue weighted by Gasteiger charge is 2.22. The number of fused-ring (bicyclic) bond motifs is 1. The van der Waals surface area contributed by atoms with Crippen LogP contribution in [0.5, 0.6) is 0 Å². The zero-order valence-corrected chi connectivity index (χ0v) is 17.5. The number of anilines is 1. The monoisotopic (exact) mass is 391 g/mol. The summed E-state index contributed by atoms with van der Waals surface area (Å²) in [6, 6.07) is 10.3. The molecule has 4 rings (SSSR count). The van der Waals surface area contributed by atoms with E-state index in [-0.39, 0.29) is 5.91 Å². The fraction of sp³-hybridized carbons (Fsp3) is 0.435. The Labute approximate surface area is 172 Å². The summed E-state index contributed by atoms with van der Waals surface area (Å²) in [5.74, 6) is 2.40. The van der Waals surface area contributed by atoms with E-state index in [0.717, 1.165) is 55.5 Å². The van der Waals surface area contributed by atoms with Gasteiger partial charge in [0.2, 0.25) is 5.91 Å². The molecule has 1 N–H and O–H groups in total. The van der Waals surface area contributed by atoms with Crippen molar-refractivity contribution >= 4 is 22.6 Å². The second-order valence-electron chi connectivity index (χ2n) is 8.11. The lowest BCUT2D eigenvalue weighted by Crippen LogP contribution is -2.49. The molecule has 152 valence electrons. The van der Waals surface area contributed by atoms with Crippen LogP contribution in [0.25, 0.3) is 10.9 Å². The van der Waals surface area contributed by atoms with Crippen LogP contribution in [-0.4, -0.2) is 51.9 Å². The number of piperazine rings is 1. The number of benzene rings is 1. The number of aryl methyl sites for hydroxylation is 2. The molecule has 2 aromatic heterocycles. The smallest absolute Gasteiger partial charge is 0.223 e. The summed E-state index contributed by atoms with van der Waals surface area (Å²) < 4.78 is 0. The molecule has 1 saturated heterocycles. The number of hydrogen-bond donors (Lipinski definition) is 1. The fourth-order valence-corrected chi connectivity index (χ4v) is 3.92. The molecule has 0 radical (unpaired) electrons. The molecule has 0 saturated carbocycles. The van der Waals surface area contributed by atoms with Crippen LogP contribution in [0.1, 0.15) is 43.3 Å². The van der Waals surface area contributed by atoms with Crippen molar-refractivity contribution in [1.29, 1.82) is 0 Å². The second-order valence-corrected chi connectivity index (χ2v) is 8.11. The highest BCUT2D eigenvalue weighted by atomic mass is 16.2. The Balaban J connectivity index is 1.34. The summed E-state index contributed by atoms with van der Waals surface area (Å²) in [5.41, 5.74) is 3.34. The third-order valence-corrected chi connectivity index (χ3v) is 5.61. The van der Waals surface area contributed by atoms with E-state index in [1.54, 1.807) is 0 Å². The van der Waals surface area contributed by atoms with Crippen LogP contribution >= 0.6 is 0 Å². The van der Waals surface area contributed by atoms with E-state index in [9.17, 15) is 4.79 Å². The van der Waals surface area contributed by atoms with Crippen molar-refractivity contribution < 1.29 is 4.79 Å². The Kier molecular flexibility index (Phi) is 5.51. The third kappa shape index (κ3) is 4.26. The lowest BCUT2D eigenvalue weighted by Gasteiger charge is -2.35. The molecule has 1 amide bonds. The van der Waals surface area contributed by atoms with Gasteiger partial charge in [-0.3, -0.25) is 4.79 Å². The van der Waals surface area contributed by atoms with Gasteiger partial charge in [-0.25, -0.2) is 9.97 Å². The number of carbonyl (C=O) groups excluding carboxylic acids is 1. The Hall–Kier alpha value is -2.89. The van der Waals surface area contributed by atoms with E-state index in [1.807, 2.05) is 36.2 Å². The SMILES string of the molecule is Cc1cc(N2CCN(C(=O)CCc3c[nH]c4ccccc34)CC2)nc(C(C)C)n1. The van der Waals surface area contributed by atoms with Crippen molar-refractivity contribution in [3.8, 4) is 0 Å². The first-order valence-electron chi connectivity index (χ1n) is 10.4. The van der Waals surface area contributed by atoms with Gasteiger partial charge in [0.15, 0.2) is 0 Å². The van der Waals surface area contributed by atoms with Crippen LogP contribution < -0.4 is 4.90 Å². The standard InChI is InChI=1S/C23H29N5O/c1-16(2)23-25-17(3)14-21(26-23)27-10-12-28(13-11-27)22(29)9-8-18-15-24-20-7-5-4-6-19(18)20/h4-7,14-16,24H,8-13H2,1-3H3. The minimum atomic E-state index is 0.233. The number of rotatable bonds is 5. The van der Waals surface area contributed by atoms with Crippen LogP contribution in [-0.2, 0) is 11.2 Å². The molecule has 1 aliphatic rings. The minimum Gasteiger partial charge on any atom is -0.361 e. The van der Waals surface area contributed by atoms with E-state index in [0.29, 0.717) is 12.3 Å². The highest BCUT2D eigenvalue weighted by molar-refractivity contribution is 5.84. The first kappa shape index (κ1) is 19.4. The number of amides is 1. The number of para-hydroxylation sites is 1. The third-order valence-electron chi connectivity index (χ3n) is 5.61. The molecule has 6 nitrogen and oxygen atoms in total. The van der Waals surface area contributed by atoms with E-state index in [1.165, 1.54) is 10.9 Å². The van der Waals surface area contributed by atoms with Crippen molar-refractivity contribution in [2.45, 2.75) is 39.5 Å². The van der Waals surface area contributed by atoms with Gasteiger partial charge in [-0.15, -0.1) is 0 Å². The van der Waals surface area contributed by atoms with Crippen molar-refractivity contribution in [1.82, 2.24) is 19.9 Å². The average molecular weight is 392 g/mol. The van der Waals surface area contributed by atoms with Gasteiger partial charge < -0.3 is 14.8 Å². The van der Waals surface area contributed by atoms with Gasteiger partial charge in [0.25, 0.3) is 0 Å². The molecule has 1 aromatic carbocycles. The first-order valence-corrected chi connectivity index (χ1v) is 10.4. The van der Waals surface area contributed by atoms with Gasteiger partial charge in [0, 0.05) is 67.4 Å². The van der Waals surface area contributed by atoms with E-state index in [2.05, 4.69) is 40.8 Å². The van der Waals surface area contributed by atoms with Crippen LogP contribution in [0, 0.1) is 6.92 Å². The summed E-state index contributed by atoms with van der Waals surface area (Å²) in [5, 5.41) is 1.21. The first-order chi connectivity index (χ1) is 14.0. The van der Waals surface area contributed by atoms with Gasteiger partial charge in [-0.1, -0.05) is 32.0 Å². The number of nitrogens with zero attached hydrogens (tertiary/aromatic N) is 4. The zero-order chi connectivity index (χ0) is 20.4. The number of aromatic amines is 1. The summed E-state index contributed by atoms with van der Waals surface area (Å²) >= 11 is 0. The summed E-state index contributed by atoms with van der Waals surface area (Å²) in [4.78, 5) is 29.6. The van der Waals surface area contributed by atoms with Gasteiger partial charge in [-0.2, -0.15) is 0 Å². The van der Waals surface area contributed by atoms with Gasteiger partial charge in [-0.05, 0) is 25.0 Å². The number of carbonyl (C=O) groups is 1. The number of aromatic nitrogens is 3. The second kappa shape index (κ2) is 8.23. The summed E-state index contributed by atoms with van der Waals surface area (Å²) in [6.07, 6.45) is 3.34. The number of H-pyrrole nitrogens is 1. The quantitative estimate of drug-likeness (QED) is 0.721. The maximum absolute atomic E-state index is 12.7. The molecule has 3 heterocycles. The van der Waals surface area contributed by atoms with Crippen molar-refractivity contribution in [2.24, 2.45) is 0 Å². The molecule has 29 heavy (non-hydrogen) atoms. The zero-order valence-electron chi connectivity index (χ0n) is 17.5. The molecule has 1 aliphatic heterocycles. The molecule has 0 aliphatic carbocycles. The largest absolute Gasteiger partial charge is 0.361 e. The lowest BCUT2D eigenvalue weighted by molar-refractivity contribution is -0.131. The molecule has 1 fully saturated rings. The van der Waals surface area contributed by atoms with Crippen LogP contribution in [0.4, 0.5) is 5.82 Å². The van der Waals surface area contributed by atoms with Gasteiger partial charge in [0.1, 0.15) is 11.6 Å². The molecular formula is C23H29N5O. The molecule has 0 bridgehead atoms. The van der Waals surface area contributed by atoms with Gasteiger partial charge >= 0.3 is 0 Å². The molecule has 3 aromatic rings. The molecule has 0 atom stereocenters. The molecule has 0 spiro atoms. The predicted molar refractivity (Wildman–Crippen MR) is 116 cm³/mol. The minimum absolute atomic E-state index is 0.233. The highest BCUT2D eigenvalue weighted by Crippen LogP contribution is 2.21. The number of nitrogens with one attached hydrogen (secondary N) is 1. The van der Waals surface area contributed by atoms with Crippen LogP contribution in [0.15, 0.2) is 36.5 Å². The molecule has 0 unspecified atom stereocenters. The van der Waals surface area contributed by atoms with Gasteiger partial charge in [0.05, 0.1) is 0 Å². The van der Waals surface area contributed by atoms with E-state index < -0.39 is 0 Å². The Morgan fingerprint density at radius 1 is 1.14 bits per heavy atom.